The summed E-state index contributed by atoms with van der Waals surface area (Å²) in [6, 6.07) is 0. The monoisotopic (exact) mass is 235 g/mol. The van der Waals surface area contributed by atoms with Crippen molar-refractivity contribution in [1.82, 2.24) is 4.90 Å². The first-order valence-electron chi connectivity index (χ1n) is 7.85. The van der Waals surface area contributed by atoms with Crippen LogP contribution >= 0.6 is 0 Å². The summed E-state index contributed by atoms with van der Waals surface area (Å²) in [4.78, 5) is 3.01. The highest BCUT2D eigenvalue weighted by atomic mass is 15.4. The van der Waals surface area contributed by atoms with Gasteiger partial charge in [-0.05, 0) is 65.2 Å². The van der Waals surface area contributed by atoms with Crippen LogP contribution in [0.4, 0.5) is 0 Å². The molecule has 3 saturated heterocycles. The molecule has 2 atom stereocenters. The summed E-state index contributed by atoms with van der Waals surface area (Å²) in [5.41, 5.74) is 1.75. The van der Waals surface area contributed by atoms with E-state index in [1.165, 1.54) is 64.2 Å². The third kappa shape index (κ3) is 1.54. The highest BCUT2D eigenvalue weighted by molar-refractivity contribution is 5.21. The molecule has 3 aliphatic rings. The summed E-state index contributed by atoms with van der Waals surface area (Å²) in [6.07, 6.45) is 14.6. The first-order chi connectivity index (χ1) is 8.05. The molecule has 0 aromatic rings. The molecule has 0 saturated carbocycles. The van der Waals surface area contributed by atoms with Crippen LogP contribution in [0.25, 0.3) is 0 Å². The maximum Gasteiger partial charge on any atom is 0.0220 e. The standard InChI is InChI=1S/C16H29N/c1-4-5-10-16-11-6-8-14(2)13-15(3,17(14)16)9-7-12-16/h4-13H2,1-3H3. The second-order valence-corrected chi connectivity index (χ2v) is 7.54. The van der Waals surface area contributed by atoms with Crippen LogP contribution in [0.15, 0.2) is 0 Å². The normalized spacial score (nSPS) is 49.6. The number of hydrogen-bond donors (Lipinski definition) is 0. The molecule has 1 heteroatoms. The summed E-state index contributed by atoms with van der Waals surface area (Å²) in [7, 11) is 0. The first kappa shape index (κ1) is 12.0. The van der Waals surface area contributed by atoms with Gasteiger partial charge in [0.05, 0.1) is 0 Å². The molecule has 1 nitrogen and oxygen atoms in total. The fourth-order valence-corrected chi connectivity index (χ4v) is 5.90. The van der Waals surface area contributed by atoms with Crippen molar-refractivity contribution in [2.45, 2.75) is 102 Å². The maximum absolute atomic E-state index is 3.01. The van der Waals surface area contributed by atoms with Gasteiger partial charge in [-0.15, -0.1) is 0 Å². The second-order valence-electron chi connectivity index (χ2n) is 7.54. The lowest BCUT2D eigenvalue weighted by Crippen LogP contribution is -2.81. The van der Waals surface area contributed by atoms with E-state index >= 15 is 0 Å². The van der Waals surface area contributed by atoms with E-state index in [2.05, 4.69) is 25.7 Å². The average Bonchev–Trinajstić information content (AvgIpc) is 2.24. The number of nitrogens with zero attached hydrogens (tertiary/aromatic N) is 1. The van der Waals surface area contributed by atoms with E-state index in [1.807, 2.05) is 0 Å². The molecule has 0 amide bonds. The van der Waals surface area contributed by atoms with Gasteiger partial charge >= 0.3 is 0 Å². The van der Waals surface area contributed by atoms with E-state index in [0.717, 1.165) is 0 Å². The molecule has 0 aromatic heterocycles. The third-order valence-electron chi connectivity index (χ3n) is 6.03. The van der Waals surface area contributed by atoms with Crippen molar-refractivity contribution in [2.75, 3.05) is 0 Å². The largest absolute Gasteiger partial charge is 0.287 e. The Morgan fingerprint density at radius 2 is 1.53 bits per heavy atom. The predicted molar refractivity (Wildman–Crippen MR) is 73.2 cm³/mol. The van der Waals surface area contributed by atoms with Gasteiger partial charge in [0.15, 0.2) is 0 Å². The predicted octanol–water partition coefficient (Wildman–Crippen LogP) is 4.51. The van der Waals surface area contributed by atoms with Crippen LogP contribution in [-0.4, -0.2) is 21.5 Å². The zero-order valence-corrected chi connectivity index (χ0v) is 12.0. The van der Waals surface area contributed by atoms with Crippen LogP contribution in [0.3, 0.4) is 0 Å². The third-order valence-corrected chi connectivity index (χ3v) is 6.03. The topological polar surface area (TPSA) is 3.24 Å². The molecule has 0 radical (unpaired) electrons. The van der Waals surface area contributed by atoms with Gasteiger partial charge in [-0.3, -0.25) is 4.90 Å². The van der Waals surface area contributed by atoms with E-state index in [-0.39, 0.29) is 0 Å². The van der Waals surface area contributed by atoms with Crippen LogP contribution in [0, 0.1) is 0 Å². The van der Waals surface area contributed by atoms with Crippen LogP contribution < -0.4 is 0 Å². The Bertz CT molecular complexity index is 289. The van der Waals surface area contributed by atoms with Crippen LogP contribution in [0.5, 0.6) is 0 Å². The quantitative estimate of drug-likeness (QED) is 0.696. The minimum Gasteiger partial charge on any atom is -0.287 e. The Morgan fingerprint density at radius 1 is 0.941 bits per heavy atom. The molecule has 2 unspecified atom stereocenters. The Kier molecular flexibility index (Phi) is 2.63. The Labute approximate surface area is 107 Å². The molecule has 3 rings (SSSR count). The SMILES string of the molecule is CCCCC12CCCC3(C)CC(C)(CCC1)N32. The minimum absolute atomic E-state index is 0.571. The molecule has 3 fully saturated rings. The molecule has 98 valence electrons. The molecule has 3 heterocycles. The van der Waals surface area contributed by atoms with Gasteiger partial charge < -0.3 is 0 Å². The van der Waals surface area contributed by atoms with E-state index in [9.17, 15) is 0 Å². The maximum atomic E-state index is 3.01. The summed E-state index contributed by atoms with van der Waals surface area (Å²) in [6.45, 7) is 7.43. The van der Waals surface area contributed by atoms with E-state index in [0.29, 0.717) is 16.6 Å². The zero-order valence-electron chi connectivity index (χ0n) is 12.0. The second kappa shape index (κ2) is 3.73. The highest BCUT2D eigenvalue weighted by Gasteiger charge is 2.65. The Balaban J connectivity index is 1.89. The Morgan fingerprint density at radius 3 is 2.06 bits per heavy atom. The molecule has 17 heavy (non-hydrogen) atoms. The van der Waals surface area contributed by atoms with E-state index in [1.54, 1.807) is 0 Å². The minimum atomic E-state index is 0.571. The first-order valence-corrected chi connectivity index (χ1v) is 7.85. The molecule has 3 aliphatic heterocycles. The molecule has 0 spiro atoms. The lowest BCUT2D eigenvalue weighted by atomic mass is 9.55. The molecule has 0 bridgehead atoms. The number of piperidine rings is 2. The van der Waals surface area contributed by atoms with Crippen molar-refractivity contribution in [3.63, 3.8) is 0 Å². The zero-order chi connectivity index (χ0) is 12.1. The number of hydrogen-bond acceptors (Lipinski definition) is 1. The van der Waals surface area contributed by atoms with Crippen molar-refractivity contribution in [2.24, 2.45) is 0 Å². The summed E-state index contributed by atoms with van der Waals surface area (Å²) < 4.78 is 0. The van der Waals surface area contributed by atoms with Gasteiger partial charge in [-0.25, -0.2) is 0 Å². The summed E-state index contributed by atoms with van der Waals surface area (Å²) >= 11 is 0. The van der Waals surface area contributed by atoms with Gasteiger partial charge in [0, 0.05) is 16.6 Å². The van der Waals surface area contributed by atoms with Crippen molar-refractivity contribution >= 4 is 0 Å². The van der Waals surface area contributed by atoms with Crippen molar-refractivity contribution in [3.8, 4) is 0 Å². The molecule has 0 aliphatic carbocycles. The van der Waals surface area contributed by atoms with Gasteiger partial charge in [-0.1, -0.05) is 19.8 Å². The van der Waals surface area contributed by atoms with Crippen LogP contribution in [-0.2, 0) is 0 Å². The Hall–Kier alpha value is -0.0400. The lowest BCUT2D eigenvalue weighted by molar-refractivity contribution is -0.243. The van der Waals surface area contributed by atoms with Crippen LogP contribution in [0.1, 0.15) is 85.0 Å². The number of rotatable bonds is 3. The molecular formula is C16H29N. The van der Waals surface area contributed by atoms with Crippen LogP contribution in [0.2, 0.25) is 0 Å². The van der Waals surface area contributed by atoms with Gasteiger partial charge in [0.2, 0.25) is 0 Å². The average molecular weight is 235 g/mol. The lowest BCUT2D eigenvalue weighted by Gasteiger charge is -2.75. The van der Waals surface area contributed by atoms with E-state index in [4.69, 9.17) is 0 Å². The molecular weight excluding hydrogens is 206 g/mol. The van der Waals surface area contributed by atoms with Crippen molar-refractivity contribution < 1.29 is 0 Å². The molecule has 0 aromatic carbocycles. The fraction of sp³-hybridized carbons (Fsp3) is 1.00. The molecule has 0 N–H and O–H groups in total. The smallest absolute Gasteiger partial charge is 0.0220 e. The van der Waals surface area contributed by atoms with Gasteiger partial charge in [0.25, 0.3) is 0 Å². The van der Waals surface area contributed by atoms with Crippen molar-refractivity contribution in [1.29, 1.82) is 0 Å². The number of unbranched alkanes of at least 4 members (excludes halogenated alkanes) is 1. The van der Waals surface area contributed by atoms with E-state index < -0.39 is 0 Å². The van der Waals surface area contributed by atoms with Crippen molar-refractivity contribution in [3.05, 3.63) is 0 Å². The highest BCUT2D eigenvalue weighted by Crippen LogP contribution is 2.62. The summed E-state index contributed by atoms with van der Waals surface area (Å²) in [5.74, 6) is 0. The summed E-state index contributed by atoms with van der Waals surface area (Å²) in [5, 5.41) is 0. The fourth-order valence-electron chi connectivity index (χ4n) is 5.90. The van der Waals surface area contributed by atoms with Gasteiger partial charge in [-0.2, -0.15) is 0 Å². The van der Waals surface area contributed by atoms with Gasteiger partial charge in [0.1, 0.15) is 0 Å².